The third kappa shape index (κ3) is 6.36. The van der Waals surface area contributed by atoms with Crippen molar-refractivity contribution in [2.24, 2.45) is 5.92 Å². The molecule has 0 radical (unpaired) electrons. The van der Waals surface area contributed by atoms with Crippen LogP contribution in [0.2, 0.25) is 0 Å². The van der Waals surface area contributed by atoms with Gasteiger partial charge in [-0.25, -0.2) is 4.79 Å². The van der Waals surface area contributed by atoms with Gasteiger partial charge in [0.05, 0.1) is 18.6 Å². The van der Waals surface area contributed by atoms with E-state index in [1.165, 1.54) is 7.11 Å². The summed E-state index contributed by atoms with van der Waals surface area (Å²) < 4.78 is 15.9. The molecule has 1 saturated carbocycles. The van der Waals surface area contributed by atoms with E-state index >= 15 is 0 Å². The van der Waals surface area contributed by atoms with E-state index in [-0.39, 0.29) is 31.8 Å². The minimum atomic E-state index is -0.872. The summed E-state index contributed by atoms with van der Waals surface area (Å²) in [5.41, 5.74) is 0.900. The molecule has 0 aromatic heterocycles. The Balaban J connectivity index is 1.91. The lowest BCUT2D eigenvalue weighted by atomic mass is 9.81. The second-order valence-electron chi connectivity index (χ2n) is 6.14. The minimum absolute atomic E-state index is 0.00558. The maximum absolute atomic E-state index is 12.1. The highest BCUT2D eigenvalue weighted by Crippen LogP contribution is 2.30. The number of aliphatic carboxylic acids is 1. The van der Waals surface area contributed by atoms with Crippen LogP contribution < -0.4 is 5.32 Å². The summed E-state index contributed by atoms with van der Waals surface area (Å²) >= 11 is 0. The maximum atomic E-state index is 12.1. The summed E-state index contributed by atoms with van der Waals surface area (Å²) in [5.74, 6) is -1.04. The summed E-state index contributed by atoms with van der Waals surface area (Å²) in [6, 6.07) is 9.11. The van der Waals surface area contributed by atoms with Crippen LogP contribution in [0.4, 0.5) is 4.79 Å². The lowest BCUT2D eigenvalue weighted by molar-refractivity contribution is -0.145. The Hall–Kier alpha value is -2.12. The van der Waals surface area contributed by atoms with Crippen LogP contribution in [0.5, 0.6) is 0 Å². The fourth-order valence-corrected chi connectivity index (χ4v) is 3.17. The number of carbonyl (C=O) groups is 2. The van der Waals surface area contributed by atoms with E-state index in [1.54, 1.807) is 0 Å². The molecule has 1 amide bonds. The molecule has 0 unspecified atom stereocenters. The van der Waals surface area contributed by atoms with Crippen molar-refractivity contribution in [3.63, 3.8) is 0 Å². The molecule has 0 heterocycles. The molecule has 138 valence electrons. The van der Waals surface area contributed by atoms with Gasteiger partial charge in [0.15, 0.2) is 0 Å². The molecule has 1 aliphatic rings. The molecule has 2 rings (SSSR count). The molecule has 2 N–H and O–H groups in total. The topological polar surface area (TPSA) is 94.1 Å². The van der Waals surface area contributed by atoms with Crippen molar-refractivity contribution in [3.05, 3.63) is 35.9 Å². The molecule has 0 saturated heterocycles. The zero-order chi connectivity index (χ0) is 18.1. The molecule has 7 nitrogen and oxygen atoms in total. The molecule has 0 spiro atoms. The number of nitrogens with one attached hydrogen (secondary N) is 1. The molecule has 1 fully saturated rings. The first-order valence-corrected chi connectivity index (χ1v) is 8.39. The van der Waals surface area contributed by atoms with Gasteiger partial charge in [0.25, 0.3) is 0 Å². The Kier molecular flexibility index (Phi) is 7.69. The van der Waals surface area contributed by atoms with E-state index < -0.39 is 18.2 Å². The minimum Gasteiger partial charge on any atom is -0.481 e. The van der Waals surface area contributed by atoms with Crippen molar-refractivity contribution in [1.29, 1.82) is 0 Å². The highest BCUT2D eigenvalue weighted by atomic mass is 16.7. The molecule has 0 bridgehead atoms. The number of alkyl carbamates (subject to hydrolysis) is 1. The molecule has 1 aliphatic carbocycles. The molecule has 1 aromatic carbocycles. The van der Waals surface area contributed by atoms with Crippen LogP contribution in [-0.2, 0) is 25.6 Å². The van der Waals surface area contributed by atoms with Gasteiger partial charge in [-0.05, 0) is 24.3 Å². The van der Waals surface area contributed by atoms with Crippen molar-refractivity contribution in [2.75, 3.05) is 13.9 Å². The van der Waals surface area contributed by atoms with E-state index in [1.807, 2.05) is 30.3 Å². The van der Waals surface area contributed by atoms with Crippen LogP contribution in [0.15, 0.2) is 30.3 Å². The third-order valence-corrected chi connectivity index (χ3v) is 4.28. The quantitative estimate of drug-likeness (QED) is 0.699. The van der Waals surface area contributed by atoms with E-state index in [0.29, 0.717) is 6.42 Å². The first-order chi connectivity index (χ1) is 12.1. The van der Waals surface area contributed by atoms with Crippen LogP contribution in [0, 0.1) is 5.92 Å². The smallest absolute Gasteiger partial charge is 0.407 e. The van der Waals surface area contributed by atoms with Gasteiger partial charge in [0.1, 0.15) is 13.4 Å². The third-order valence-electron chi connectivity index (χ3n) is 4.28. The average molecular weight is 351 g/mol. The number of amides is 1. The van der Waals surface area contributed by atoms with Crippen molar-refractivity contribution >= 4 is 12.1 Å². The fourth-order valence-electron chi connectivity index (χ4n) is 3.17. The Morgan fingerprint density at radius 2 is 2.00 bits per heavy atom. The summed E-state index contributed by atoms with van der Waals surface area (Å²) in [7, 11) is 1.51. The molecular weight excluding hydrogens is 326 g/mol. The van der Waals surface area contributed by atoms with Crippen molar-refractivity contribution in [2.45, 2.75) is 44.4 Å². The highest BCUT2D eigenvalue weighted by molar-refractivity contribution is 5.68. The first kappa shape index (κ1) is 19.2. The summed E-state index contributed by atoms with van der Waals surface area (Å²) in [5, 5.41) is 11.9. The number of hydrogen-bond donors (Lipinski definition) is 2. The van der Waals surface area contributed by atoms with Crippen molar-refractivity contribution in [1.82, 2.24) is 5.32 Å². The van der Waals surface area contributed by atoms with Gasteiger partial charge in [-0.15, -0.1) is 0 Å². The predicted molar refractivity (Wildman–Crippen MR) is 89.9 cm³/mol. The molecular formula is C18H25NO6. The Morgan fingerprint density at radius 1 is 1.24 bits per heavy atom. The first-order valence-electron chi connectivity index (χ1n) is 8.39. The fraction of sp³-hybridized carbons (Fsp3) is 0.556. The largest absolute Gasteiger partial charge is 0.481 e. The van der Waals surface area contributed by atoms with Crippen LogP contribution in [0.1, 0.15) is 31.2 Å². The SMILES string of the molecule is COCO[C@H]1[C@H](CC(=O)O)CCC[C@@H]1NC(=O)OCc1ccccc1. The van der Waals surface area contributed by atoms with Crippen molar-refractivity contribution in [3.8, 4) is 0 Å². The van der Waals surface area contributed by atoms with Gasteiger partial charge in [0, 0.05) is 7.11 Å². The van der Waals surface area contributed by atoms with Crippen molar-refractivity contribution < 1.29 is 28.9 Å². The number of rotatable bonds is 8. The number of ether oxygens (including phenoxy) is 3. The average Bonchev–Trinajstić information content (AvgIpc) is 2.60. The number of carboxylic acid groups (broad SMARTS) is 1. The molecule has 7 heteroatoms. The monoisotopic (exact) mass is 351 g/mol. The summed E-state index contributed by atoms with van der Waals surface area (Å²) in [4.78, 5) is 23.2. The lowest BCUT2D eigenvalue weighted by Gasteiger charge is -2.37. The highest BCUT2D eigenvalue weighted by Gasteiger charge is 2.36. The van der Waals surface area contributed by atoms with Gasteiger partial charge in [-0.1, -0.05) is 36.8 Å². The van der Waals surface area contributed by atoms with Crippen LogP contribution >= 0.6 is 0 Å². The number of benzene rings is 1. The standard InChI is InChI=1S/C18H25NO6/c1-23-12-25-17-14(10-16(20)21)8-5-9-15(17)19-18(22)24-11-13-6-3-2-4-7-13/h2-4,6-7,14-15,17H,5,8-12H2,1H3,(H,19,22)(H,20,21)/t14-,15-,17-/m0/s1. The predicted octanol–water partition coefficient (Wildman–Crippen LogP) is 2.55. The maximum Gasteiger partial charge on any atom is 0.407 e. The Labute approximate surface area is 147 Å². The van der Waals surface area contributed by atoms with Gasteiger partial charge in [-0.2, -0.15) is 0 Å². The lowest BCUT2D eigenvalue weighted by Crippen LogP contribution is -2.50. The number of hydrogen-bond acceptors (Lipinski definition) is 5. The number of methoxy groups -OCH3 is 1. The summed E-state index contributed by atoms with van der Waals surface area (Å²) in [6.45, 7) is 0.236. The second kappa shape index (κ2) is 10.0. The second-order valence-corrected chi connectivity index (χ2v) is 6.14. The zero-order valence-electron chi connectivity index (χ0n) is 14.3. The Morgan fingerprint density at radius 3 is 2.68 bits per heavy atom. The van der Waals surface area contributed by atoms with Gasteiger partial charge in [-0.3, -0.25) is 4.79 Å². The van der Waals surface area contributed by atoms with Gasteiger partial charge >= 0.3 is 12.1 Å². The van der Waals surface area contributed by atoms with Gasteiger partial charge < -0.3 is 24.6 Å². The van der Waals surface area contributed by atoms with E-state index in [0.717, 1.165) is 18.4 Å². The number of carboxylic acids is 1. The molecule has 1 aromatic rings. The van der Waals surface area contributed by atoms with E-state index in [2.05, 4.69) is 5.32 Å². The van der Waals surface area contributed by atoms with E-state index in [4.69, 9.17) is 19.3 Å². The molecule has 3 atom stereocenters. The van der Waals surface area contributed by atoms with E-state index in [9.17, 15) is 9.59 Å². The zero-order valence-corrected chi connectivity index (χ0v) is 14.3. The molecule has 0 aliphatic heterocycles. The molecule has 25 heavy (non-hydrogen) atoms. The van der Waals surface area contributed by atoms with Crippen LogP contribution in [-0.4, -0.2) is 43.2 Å². The normalized spacial score (nSPS) is 23.0. The number of carbonyl (C=O) groups excluding carboxylic acids is 1. The van der Waals surface area contributed by atoms with Crippen LogP contribution in [0.3, 0.4) is 0 Å². The van der Waals surface area contributed by atoms with Crippen LogP contribution in [0.25, 0.3) is 0 Å². The Bertz CT molecular complexity index is 550. The summed E-state index contributed by atoms with van der Waals surface area (Å²) in [6.07, 6.45) is 1.35. The van der Waals surface area contributed by atoms with Gasteiger partial charge in [0.2, 0.25) is 0 Å².